The topological polar surface area (TPSA) is 28.2 Å². The summed E-state index contributed by atoms with van der Waals surface area (Å²) in [7, 11) is 0. The third-order valence-electron chi connectivity index (χ3n) is 2.86. The monoisotopic (exact) mass is 241 g/mol. The molecule has 0 aliphatic carbocycles. The van der Waals surface area contributed by atoms with Gasteiger partial charge >= 0.3 is 0 Å². The molecule has 1 fully saturated rings. The molecular formula is C12H17F2N3. The first-order chi connectivity index (χ1) is 8.22. The number of halogens is 2. The lowest BCUT2D eigenvalue weighted by atomic mass is 10.3. The molecule has 0 atom stereocenters. The van der Waals surface area contributed by atoms with Crippen molar-refractivity contribution in [3.63, 3.8) is 0 Å². The maximum atomic E-state index is 13.6. The van der Waals surface area contributed by atoms with Crippen LogP contribution in [0.3, 0.4) is 0 Å². The number of anilines is 2. The molecule has 1 N–H and O–H groups in total. The van der Waals surface area contributed by atoms with Crippen LogP contribution in [0.15, 0.2) is 6.07 Å². The molecule has 0 bridgehead atoms. The minimum atomic E-state index is -0.626. The van der Waals surface area contributed by atoms with Gasteiger partial charge < -0.3 is 10.2 Å². The average Bonchev–Trinajstić information content (AvgIpc) is 2.81. The van der Waals surface area contributed by atoms with Crippen LogP contribution in [-0.2, 0) is 0 Å². The van der Waals surface area contributed by atoms with Crippen molar-refractivity contribution in [2.45, 2.75) is 26.2 Å². The minimum absolute atomic E-state index is 0.148. The first-order valence-electron chi connectivity index (χ1n) is 6.07. The highest BCUT2D eigenvalue weighted by molar-refractivity contribution is 5.49. The minimum Gasteiger partial charge on any atom is -0.368 e. The SMILES string of the molecule is CCCNc1nc(N2CCCC2)c(F)cc1F. The van der Waals surface area contributed by atoms with E-state index in [1.165, 1.54) is 0 Å². The molecule has 1 aromatic heterocycles. The van der Waals surface area contributed by atoms with Crippen molar-refractivity contribution in [3.05, 3.63) is 17.7 Å². The van der Waals surface area contributed by atoms with E-state index >= 15 is 0 Å². The van der Waals surface area contributed by atoms with Gasteiger partial charge in [-0.15, -0.1) is 0 Å². The number of nitrogens with zero attached hydrogens (tertiary/aromatic N) is 2. The lowest BCUT2D eigenvalue weighted by molar-refractivity contribution is 0.572. The van der Waals surface area contributed by atoms with E-state index in [0.29, 0.717) is 6.54 Å². The highest BCUT2D eigenvalue weighted by atomic mass is 19.1. The summed E-state index contributed by atoms with van der Waals surface area (Å²) in [4.78, 5) is 5.92. The Labute approximate surface area is 99.8 Å². The summed E-state index contributed by atoms with van der Waals surface area (Å²) in [5, 5.41) is 2.87. The Morgan fingerprint density at radius 1 is 1.29 bits per heavy atom. The van der Waals surface area contributed by atoms with Crippen molar-refractivity contribution >= 4 is 11.6 Å². The maximum absolute atomic E-state index is 13.6. The van der Waals surface area contributed by atoms with Crippen LogP contribution in [0, 0.1) is 11.6 Å². The average molecular weight is 241 g/mol. The summed E-state index contributed by atoms with van der Waals surface area (Å²) in [6.45, 7) is 4.20. The number of rotatable bonds is 4. The standard InChI is InChI=1S/C12H17F2N3/c1-2-5-15-11-9(13)8-10(14)12(16-11)17-6-3-4-7-17/h8H,2-7H2,1H3,(H,15,16). The predicted molar refractivity (Wildman–Crippen MR) is 64.4 cm³/mol. The van der Waals surface area contributed by atoms with E-state index in [1.807, 2.05) is 11.8 Å². The lowest BCUT2D eigenvalue weighted by Crippen LogP contribution is -2.21. The number of aromatic nitrogens is 1. The van der Waals surface area contributed by atoms with Crippen molar-refractivity contribution in [3.8, 4) is 0 Å². The van der Waals surface area contributed by atoms with Crippen molar-refractivity contribution in [1.29, 1.82) is 0 Å². The molecule has 17 heavy (non-hydrogen) atoms. The Balaban J connectivity index is 2.24. The molecule has 1 aliphatic heterocycles. The number of hydrogen-bond donors (Lipinski definition) is 1. The normalized spacial score (nSPS) is 15.4. The van der Waals surface area contributed by atoms with Gasteiger partial charge in [-0.1, -0.05) is 6.92 Å². The smallest absolute Gasteiger partial charge is 0.168 e. The largest absolute Gasteiger partial charge is 0.368 e. The van der Waals surface area contributed by atoms with Crippen LogP contribution in [0.1, 0.15) is 26.2 Å². The van der Waals surface area contributed by atoms with E-state index in [0.717, 1.165) is 38.4 Å². The first-order valence-corrected chi connectivity index (χ1v) is 6.07. The molecule has 1 saturated heterocycles. The molecule has 0 amide bonds. The highest BCUT2D eigenvalue weighted by Crippen LogP contribution is 2.25. The third kappa shape index (κ3) is 2.65. The Bertz CT molecular complexity index is 390. The van der Waals surface area contributed by atoms with Crippen molar-refractivity contribution in [1.82, 2.24) is 4.98 Å². The van der Waals surface area contributed by atoms with Gasteiger partial charge in [-0.05, 0) is 19.3 Å². The fraction of sp³-hybridized carbons (Fsp3) is 0.583. The van der Waals surface area contributed by atoms with E-state index in [-0.39, 0.29) is 11.6 Å². The van der Waals surface area contributed by atoms with E-state index in [1.54, 1.807) is 0 Å². The van der Waals surface area contributed by atoms with Crippen LogP contribution in [-0.4, -0.2) is 24.6 Å². The van der Waals surface area contributed by atoms with Crippen LogP contribution < -0.4 is 10.2 Å². The van der Waals surface area contributed by atoms with Crippen LogP contribution >= 0.6 is 0 Å². The Hall–Kier alpha value is -1.39. The molecule has 94 valence electrons. The Morgan fingerprint density at radius 3 is 2.65 bits per heavy atom. The fourth-order valence-electron chi connectivity index (χ4n) is 1.97. The third-order valence-corrected chi connectivity index (χ3v) is 2.86. The van der Waals surface area contributed by atoms with Gasteiger partial charge in [0.1, 0.15) is 0 Å². The number of hydrogen-bond acceptors (Lipinski definition) is 3. The van der Waals surface area contributed by atoms with Gasteiger partial charge in [-0.25, -0.2) is 13.8 Å². The fourth-order valence-corrected chi connectivity index (χ4v) is 1.97. The van der Waals surface area contributed by atoms with Crippen LogP contribution in [0.4, 0.5) is 20.4 Å². The zero-order chi connectivity index (χ0) is 12.3. The van der Waals surface area contributed by atoms with E-state index in [4.69, 9.17) is 0 Å². The molecule has 0 aromatic carbocycles. The van der Waals surface area contributed by atoms with Crippen molar-refractivity contribution < 1.29 is 8.78 Å². The molecule has 0 spiro atoms. The Morgan fingerprint density at radius 2 is 2.00 bits per heavy atom. The van der Waals surface area contributed by atoms with E-state index in [2.05, 4.69) is 10.3 Å². The van der Waals surface area contributed by atoms with Gasteiger partial charge in [0.15, 0.2) is 23.3 Å². The molecule has 0 radical (unpaired) electrons. The number of nitrogens with one attached hydrogen (secondary N) is 1. The maximum Gasteiger partial charge on any atom is 0.168 e. The van der Waals surface area contributed by atoms with Gasteiger partial charge in [-0.2, -0.15) is 0 Å². The predicted octanol–water partition coefficient (Wildman–Crippen LogP) is 2.78. The van der Waals surface area contributed by atoms with E-state index in [9.17, 15) is 8.78 Å². The second-order valence-electron chi connectivity index (χ2n) is 4.25. The summed E-state index contributed by atoms with van der Waals surface area (Å²) in [6.07, 6.45) is 2.95. The first kappa shape index (κ1) is 12.1. The lowest BCUT2D eigenvalue weighted by Gasteiger charge is -2.18. The molecule has 2 heterocycles. The summed E-state index contributed by atoms with van der Waals surface area (Å²) in [6, 6.07) is 0.915. The molecule has 1 aliphatic rings. The molecule has 0 unspecified atom stereocenters. The second-order valence-corrected chi connectivity index (χ2v) is 4.25. The van der Waals surface area contributed by atoms with Crippen LogP contribution in [0.2, 0.25) is 0 Å². The summed E-state index contributed by atoms with van der Waals surface area (Å²) < 4.78 is 27.1. The zero-order valence-corrected chi connectivity index (χ0v) is 9.97. The number of pyridine rings is 1. The summed E-state index contributed by atoms with van der Waals surface area (Å²) in [5.74, 6) is -0.789. The van der Waals surface area contributed by atoms with Crippen molar-refractivity contribution in [2.75, 3.05) is 29.9 Å². The Kier molecular flexibility index (Phi) is 3.76. The van der Waals surface area contributed by atoms with Gasteiger partial charge in [0, 0.05) is 25.7 Å². The molecule has 1 aromatic rings. The molecule has 5 heteroatoms. The van der Waals surface area contributed by atoms with E-state index < -0.39 is 11.6 Å². The second kappa shape index (κ2) is 5.29. The van der Waals surface area contributed by atoms with Crippen molar-refractivity contribution in [2.24, 2.45) is 0 Å². The van der Waals surface area contributed by atoms with Crippen LogP contribution in [0.5, 0.6) is 0 Å². The molecule has 3 nitrogen and oxygen atoms in total. The van der Waals surface area contributed by atoms with Gasteiger partial charge in [0.25, 0.3) is 0 Å². The van der Waals surface area contributed by atoms with Crippen LogP contribution in [0.25, 0.3) is 0 Å². The molecular weight excluding hydrogens is 224 g/mol. The molecule has 0 saturated carbocycles. The zero-order valence-electron chi connectivity index (χ0n) is 9.97. The summed E-state index contributed by atoms with van der Waals surface area (Å²) in [5.41, 5.74) is 0. The summed E-state index contributed by atoms with van der Waals surface area (Å²) >= 11 is 0. The van der Waals surface area contributed by atoms with Gasteiger partial charge in [0.05, 0.1) is 0 Å². The molecule has 2 rings (SSSR count). The quantitative estimate of drug-likeness (QED) is 0.878. The van der Waals surface area contributed by atoms with Gasteiger partial charge in [0.2, 0.25) is 0 Å². The van der Waals surface area contributed by atoms with Gasteiger partial charge in [-0.3, -0.25) is 0 Å². The highest BCUT2D eigenvalue weighted by Gasteiger charge is 2.20.